The maximum absolute atomic E-state index is 12.0. The summed E-state index contributed by atoms with van der Waals surface area (Å²) < 4.78 is 1.59. The van der Waals surface area contributed by atoms with E-state index in [-0.39, 0.29) is 16.5 Å². The Balaban J connectivity index is 0.00000616. The fourth-order valence-electron chi connectivity index (χ4n) is 6.33. The van der Waals surface area contributed by atoms with E-state index in [1.54, 1.807) is 4.70 Å². The Morgan fingerprint density at radius 2 is 0.833 bits per heavy atom. The van der Waals surface area contributed by atoms with Crippen LogP contribution in [-0.2, 0) is 29.3 Å². The maximum Gasteiger partial charge on any atom is 0.211 e. The molecule has 0 saturated carbocycles. The van der Waals surface area contributed by atoms with Crippen molar-refractivity contribution in [3.8, 4) is 0 Å². The van der Waals surface area contributed by atoms with Crippen molar-refractivity contribution in [2.24, 2.45) is 0 Å². The van der Waals surface area contributed by atoms with Gasteiger partial charge in [0.2, 0.25) is 11.4 Å². The number of hydrogen-bond donors (Lipinski definition) is 0. The van der Waals surface area contributed by atoms with Crippen molar-refractivity contribution in [3.05, 3.63) is 87.5 Å². The van der Waals surface area contributed by atoms with Gasteiger partial charge in [0.05, 0.1) is 0 Å². The third-order valence-corrected chi connectivity index (χ3v) is 8.71. The summed E-state index contributed by atoms with van der Waals surface area (Å²) in [6, 6.07) is 18.1. The Hall–Kier alpha value is -1.99. The molecule has 0 aliphatic carbocycles. The molecule has 0 amide bonds. The second-order valence-corrected chi connectivity index (χ2v) is 12.3. The Morgan fingerprint density at radius 1 is 0.476 bits per heavy atom. The first-order valence-corrected chi connectivity index (χ1v) is 17.3. The zero-order valence-corrected chi connectivity index (χ0v) is 28.3. The molecule has 0 fully saturated rings. The average Bonchev–Trinajstić information content (AvgIpc) is 3.26. The molecule has 1 heterocycles. The fourth-order valence-corrected chi connectivity index (χ4v) is 6.33. The van der Waals surface area contributed by atoms with Gasteiger partial charge >= 0.3 is 0 Å². The molecule has 0 N–H and O–H groups in total. The summed E-state index contributed by atoms with van der Waals surface area (Å²) in [4.78, 5) is 0. The molecule has 0 spiro atoms. The molecule has 3 heteroatoms. The van der Waals surface area contributed by atoms with Crippen LogP contribution in [0.1, 0.15) is 159 Å². The van der Waals surface area contributed by atoms with Crippen molar-refractivity contribution >= 4 is 11.4 Å². The molecule has 2 aromatic carbocycles. The third kappa shape index (κ3) is 10.9. The third-order valence-electron chi connectivity index (χ3n) is 8.71. The van der Waals surface area contributed by atoms with Crippen LogP contribution in [0, 0.1) is 0 Å². The van der Waals surface area contributed by atoms with Crippen LogP contribution < -0.4 is 0 Å². The van der Waals surface area contributed by atoms with Gasteiger partial charge in [0.15, 0.2) is 0 Å². The SMILES string of the molecule is CCCCCCC1=C(c2cccc(CCCCCC)c2)[N+](=[N-])C(c2cccc(CCCCCC)c2)=C1CCCCC.[Ni]. The maximum atomic E-state index is 12.0. The van der Waals surface area contributed by atoms with Crippen molar-refractivity contribution in [3.63, 3.8) is 0 Å². The summed E-state index contributed by atoms with van der Waals surface area (Å²) in [5.74, 6) is 0. The predicted molar refractivity (Wildman–Crippen MR) is 179 cm³/mol. The predicted octanol–water partition coefficient (Wildman–Crippen LogP) is 12.7. The summed E-state index contributed by atoms with van der Waals surface area (Å²) in [7, 11) is 0. The van der Waals surface area contributed by atoms with E-state index in [0.29, 0.717) is 0 Å². The molecule has 2 aromatic rings. The van der Waals surface area contributed by atoms with E-state index in [0.717, 1.165) is 37.1 Å². The van der Waals surface area contributed by atoms with Crippen molar-refractivity contribution in [1.82, 2.24) is 0 Å². The Kier molecular flexibility index (Phi) is 18.0. The topological polar surface area (TPSA) is 25.3 Å². The zero-order valence-electron chi connectivity index (χ0n) is 27.3. The van der Waals surface area contributed by atoms with Crippen molar-refractivity contribution in [1.29, 1.82) is 0 Å². The smallest absolute Gasteiger partial charge is 0.211 e. The number of unbranched alkanes of at least 4 members (excludes halogenated alkanes) is 11. The first-order chi connectivity index (χ1) is 20.1. The van der Waals surface area contributed by atoms with Crippen LogP contribution in [0.3, 0.4) is 0 Å². The van der Waals surface area contributed by atoms with E-state index < -0.39 is 0 Å². The first kappa shape index (κ1) is 36.2. The van der Waals surface area contributed by atoms with Gasteiger partial charge in [-0.2, -0.15) is 0 Å². The number of allylic oxidation sites excluding steroid dienone is 2. The fraction of sp³-hybridized carbons (Fsp3) is 0.590. The minimum Gasteiger partial charge on any atom is -0.493 e. The molecule has 0 radical (unpaired) electrons. The Labute approximate surface area is 268 Å². The summed E-state index contributed by atoms with van der Waals surface area (Å²) in [5.41, 5.74) is 22.0. The molecular formula is C39H58N2Ni. The number of nitrogens with zero attached hydrogens (tertiary/aromatic N) is 2. The van der Waals surface area contributed by atoms with Gasteiger partial charge in [-0.25, -0.2) is 4.70 Å². The number of aryl methyl sites for hydroxylation is 2. The van der Waals surface area contributed by atoms with Crippen LogP contribution in [0.15, 0.2) is 59.7 Å². The summed E-state index contributed by atoms with van der Waals surface area (Å²) in [6.07, 6.45) is 23.1. The molecule has 0 atom stereocenters. The molecule has 3 rings (SSSR count). The normalized spacial score (nSPS) is 13.3. The minimum atomic E-state index is 0. The zero-order chi connectivity index (χ0) is 29.3. The summed E-state index contributed by atoms with van der Waals surface area (Å²) in [5, 5.41) is 0. The van der Waals surface area contributed by atoms with Crippen LogP contribution in [0.25, 0.3) is 16.9 Å². The molecule has 2 nitrogen and oxygen atoms in total. The number of benzene rings is 2. The number of rotatable bonds is 21. The Morgan fingerprint density at radius 3 is 1.24 bits per heavy atom. The largest absolute Gasteiger partial charge is 0.493 e. The molecule has 0 unspecified atom stereocenters. The van der Waals surface area contributed by atoms with Crippen molar-refractivity contribution in [2.75, 3.05) is 0 Å². The van der Waals surface area contributed by atoms with E-state index in [4.69, 9.17) is 0 Å². The van der Waals surface area contributed by atoms with E-state index >= 15 is 0 Å². The first-order valence-electron chi connectivity index (χ1n) is 17.3. The van der Waals surface area contributed by atoms with Gasteiger partial charge in [-0.3, -0.25) is 0 Å². The van der Waals surface area contributed by atoms with Crippen LogP contribution in [-0.4, -0.2) is 4.70 Å². The van der Waals surface area contributed by atoms with E-state index in [1.165, 1.54) is 130 Å². The molecular weight excluding hydrogens is 555 g/mol. The molecule has 0 saturated heterocycles. The summed E-state index contributed by atoms with van der Waals surface area (Å²) >= 11 is 0. The van der Waals surface area contributed by atoms with Gasteiger partial charge in [0.1, 0.15) is 0 Å². The second kappa shape index (κ2) is 20.8. The van der Waals surface area contributed by atoms with Crippen molar-refractivity contribution < 1.29 is 21.2 Å². The molecule has 0 bridgehead atoms. The quantitative estimate of drug-likeness (QED) is 0.0761. The average molecular weight is 614 g/mol. The van der Waals surface area contributed by atoms with Crippen LogP contribution in [0.5, 0.6) is 0 Å². The molecule has 0 aromatic heterocycles. The second-order valence-electron chi connectivity index (χ2n) is 12.3. The number of hydrogen-bond acceptors (Lipinski definition) is 0. The van der Waals surface area contributed by atoms with Crippen LogP contribution in [0.2, 0.25) is 0 Å². The summed E-state index contributed by atoms with van der Waals surface area (Å²) in [6.45, 7) is 9.11. The van der Waals surface area contributed by atoms with Gasteiger partial charge in [-0.1, -0.05) is 123 Å². The van der Waals surface area contributed by atoms with Gasteiger partial charge in [-0.05, 0) is 86.8 Å². The van der Waals surface area contributed by atoms with Crippen molar-refractivity contribution in [2.45, 2.75) is 150 Å². The van der Waals surface area contributed by atoms with Crippen LogP contribution in [0.4, 0.5) is 0 Å². The molecule has 42 heavy (non-hydrogen) atoms. The molecule has 234 valence electrons. The van der Waals surface area contributed by atoms with E-state index in [1.807, 2.05) is 0 Å². The van der Waals surface area contributed by atoms with Gasteiger partial charge < -0.3 is 5.53 Å². The van der Waals surface area contributed by atoms with Gasteiger partial charge in [-0.15, -0.1) is 0 Å². The monoisotopic (exact) mass is 612 g/mol. The van der Waals surface area contributed by atoms with E-state index in [9.17, 15) is 5.53 Å². The molecule has 1 aliphatic rings. The standard InChI is InChI=1S/C39H58N2.Ni/c1-5-9-13-17-22-32-24-20-26-34(30-32)38-36(28-16-12-8-4)37(29-19-15-11-7-3)39(41(38)40)35-27-21-25-33(31-35)23-18-14-10-6-2;/h20-21,24-27,30-31H,5-19,22-23,28-29H2,1-4H3;. The van der Waals surface area contributed by atoms with Crippen LogP contribution >= 0.6 is 0 Å². The minimum absolute atomic E-state index is 0. The van der Waals surface area contributed by atoms with Gasteiger partial charge in [0, 0.05) is 38.8 Å². The Bertz CT molecular complexity index is 1140. The van der Waals surface area contributed by atoms with Gasteiger partial charge in [0.25, 0.3) is 0 Å². The molecule has 1 aliphatic heterocycles. The van der Waals surface area contributed by atoms with E-state index in [2.05, 4.69) is 76.2 Å².